The topological polar surface area (TPSA) is 111 Å². The summed E-state index contributed by atoms with van der Waals surface area (Å²) >= 11 is 6.01. The van der Waals surface area contributed by atoms with Crippen LogP contribution in [0.4, 0.5) is 18.9 Å². The van der Waals surface area contributed by atoms with Gasteiger partial charge in [-0.25, -0.2) is 8.42 Å². The van der Waals surface area contributed by atoms with Crippen molar-refractivity contribution in [3.8, 4) is 0 Å². The summed E-state index contributed by atoms with van der Waals surface area (Å²) in [4.78, 5) is 28.1. The highest BCUT2D eigenvalue weighted by atomic mass is 35.5. The summed E-state index contributed by atoms with van der Waals surface area (Å²) in [7, 11) is -4.25. The van der Waals surface area contributed by atoms with Crippen LogP contribution in [-0.4, -0.2) is 53.3 Å². The Morgan fingerprint density at radius 2 is 1.97 bits per heavy atom. The van der Waals surface area contributed by atoms with Gasteiger partial charge in [0.1, 0.15) is 10.6 Å². The minimum Gasteiger partial charge on any atom is -0.450 e. The predicted molar refractivity (Wildman–Crippen MR) is 111 cm³/mol. The molecule has 0 radical (unpaired) electrons. The molecular weight excluding hydrogens is 489 g/mol. The number of alkyl halides is 3. The van der Waals surface area contributed by atoms with Crippen LogP contribution in [0.5, 0.6) is 0 Å². The molecule has 180 valence electrons. The summed E-state index contributed by atoms with van der Waals surface area (Å²) in [6, 6.07) is 1.22. The molecule has 0 aromatic carbocycles. The summed E-state index contributed by atoms with van der Waals surface area (Å²) < 4.78 is 72.3. The normalized spacial score (nSPS) is 14.9. The summed E-state index contributed by atoms with van der Waals surface area (Å²) in [5, 5.41) is 3.66. The average Bonchev–Trinajstić information content (AvgIpc) is 3.08. The zero-order chi connectivity index (χ0) is 24.8. The lowest BCUT2D eigenvalue weighted by Crippen LogP contribution is -2.43. The Bertz CT molecular complexity index is 1210. The number of halogens is 4. The summed E-state index contributed by atoms with van der Waals surface area (Å²) in [6.07, 6.45) is -3.16. The van der Waals surface area contributed by atoms with Crippen molar-refractivity contribution < 1.29 is 35.9 Å². The molecule has 33 heavy (non-hydrogen) atoms. The van der Waals surface area contributed by atoms with Crippen LogP contribution < -0.4 is 4.31 Å². The third-order valence-electron chi connectivity index (χ3n) is 4.98. The van der Waals surface area contributed by atoms with Gasteiger partial charge >= 0.3 is 12.1 Å². The van der Waals surface area contributed by atoms with Gasteiger partial charge in [0.2, 0.25) is 5.60 Å². The number of pyridine rings is 1. The second-order valence-electron chi connectivity index (χ2n) is 7.76. The third kappa shape index (κ3) is 4.83. The second kappa shape index (κ2) is 8.60. The molecule has 0 spiro atoms. The van der Waals surface area contributed by atoms with Gasteiger partial charge in [-0.3, -0.25) is 23.6 Å². The molecule has 0 saturated carbocycles. The van der Waals surface area contributed by atoms with Gasteiger partial charge in [-0.15, -0.1) is 0 Å². The van der Waals surface area contributed by atoms with E-state index in [4.69, 9.17) is 11.6 Å². The van der Waals surface area contributed by atoms with Crippen molar-refractivity contribution in [3.63, 3.8) is 0 Å². The molecule has 0 bridgehead atoms. The lowest BCUT2D eigenvalue weighted by Gasteiger charge is -2.29. The Balaban J connectivity index is 1.95. The fraction of sp³-hybridized carbons (Fsp3) is 0.474. The van der Waals surface area contributed by atoms with Crippen molar-refractivity contribution in [2.75, 3.05) is 10.8 Å². The number of anilines is 1. The van der Waals surface area contributed by atoms with E-state index < -0.39 is 40.0 Å². The van der Waals surface area contributed by atoms with Crippen LogP contribution in [-0.2, 0) is 32.5 Å². The number of hydrogen-bond acceptors (Lipinski definition) is 7. The Labute approximate surface area is 192 Å². The van der Waals surface area contributed by atoms with Gasteiger partial charge in [0, 0.05) is 31.9 Å². The number of esters is 1. The minimum absolute atomic E-state index is 0.0713. The van der Waals surface area contributed by atoms with Crippen molar-refractivity contribution in [3.05, 3.63) is 34.9 Å². The lowest BCUT2D eigenvalue weighted by atomic mass is 10.1. The Morgan fingerprint density at radius 1 is 1.30 bits per heavy atom. The van der Waals surface area contributed by atoms with Crippen LogP contribution >= 0.6 is 11.6 Å². The van der Waals surface area contributed by atoms with E-state index >= 15 is 0 Å². The summed E-state index contributed by atoms with van der Waals surface area (Å²) in [5.41, 5.74) is -2.89. The van der Waals surface area contributed by atoms with E-state index in [2.05, 4.69) is 14.8 Å². The van der Waals surface area contributed by atoms with Crippen LogP contribution in [0.15, 0.2) is 23.4 Å². The highest BCUT2D eigenvalue weighted by Crippen LogP contribution is 2.35. The average molecular weight is 509 g/mol. The Hall–Kier alpha value is -2.67. The van der Waals surface area contributed by atoms with Crippen molar-refractivity contribution >= 4 is 39.1 Å². The van der Waals surface area contributed by atoms with Crippen molar-refractivity contribution in [2.45, 2.75) is 56.8 Å². The van der Waals surface area contributed by atoms with Crippen molar-refractivity contribution in [1.29, 1.82) is 0 Å². The van der Waals surface area contributed by atoms with E-state index in [0.29, 0.717) is 20.4 Å². The number of Topliss-reactive ketones (excluding diaryl/α,β-unsaturated/α-hetero) is 1. The fourth-order valence-corrected chi connectivity index (χ4v) is 4.98. The molecule has 0 aliphatic carbocycles. The predicted octanol–water partition coefficient (Wildman–Crippen LogP) is 3.16. The van der Waals surface area contributed by atoms with Gasteiger partial charge in [-0.2, -0.15) is 18.3 Å². The molecule has 3 heterocycles. The van der Waals surface area contributed by atoms with E-state index in [1.54, 1.807) is 6.92 Å². The number of rotatable bonds is 6. The quantitative estimate of drug-likeness (QED) is 0.551. The molecule has 14 heteroatoms. The molecule has 0 atom stereocenters. The van der Waals surface area contributed by atoms with Gasteiger partial charge in [-0.05, 0) is 32.4 Å². The molecule has 2 aromatic heterocycles. The van der Waals surface area contributed by atoms with Crippen LogP contribution in [0.2, 0.25) is 5.15 Å². The first-order valence-corrected chi connectivity index (χ1v) is 11.6. The van der Waals surface area contributed by atoms with E-state index in [1.165, 1.54) is 16.9 Å². The number of nitrogens with zero attached hydrogens (tertiary/aromatic N) is 4. The first-order valence-electron chi connectivity index (χ1n) is 9.73. The lowest BCUT2D eigenvalue weighted by molar-refractivity contribution is -0.257. The number of ether oxygens (including phenoxy) is 1. The first kappa shape index (κ1) is 25.0. The van der Waals surface area contributed by atoms with E-state index in [9.17, 15) is 31.2 Å². The molecular formula is C19H20ClF3N4O5S. The maximum absolute atomic E-state index is 13.3. The number of aryl methyl sites for hydroxylation is 1. The van der Waals surface area contributed by atoms with Crippen molar-refractivity contribution in [1.82, 2.24) is 14.8 Å². The summed E-state index contributed by atoms with van der Waals surface area (Å²) in [6.45, 7) is 3.32. The SMILES string of the molecule is CCn1cc(S(=O)(=O)N2CCC(=O)c3ncc(CC(=O)OC(C)(C)C(F)(F)F)cc32)c(Cl)n1. The van der Waals surface area contributed by atoms with Crippen molar-refractivity contribution in [2.24, 2.45) is 0 Å². The maximum atomic E-state index is 13.3. The molecule has 1 aliphatic rings. The van der Waals surface area contributed by atoms with E-state index in [1.807, 2.05) is 0 Å². The number of ketones is 1. The smallest absolute Gasteiger partial charge is 0.427 e. The van der Waals surface area contributed by atoms with Crippen LogP contribution in [0.1, 0.15) is 43.2 Å². The maximum Gasteiger partial charge on any atom is 0.427 e. The van der Waals surface area contributed by atoms with Gasteiger partial charge < -0.3 is 4.74 Å². The molecule has 0 N–H and O–H groups in total. The molecule has 2 aromatic rings. The zero-order valence-electron chi connectivity index (χ0n) is 17.8. The monoisotopic (exact) mass is 508 g/mol. The largest absolute Gasteiger partial charge is 0.450 e. The first-order chi connectivity index (χ1) is 15.2. The molecule has 3 rings (SSSR count). The van der Waals surface area contributed by atoms with E-state index in [-0.39, 0.29) is 40.0 Å². The van der Waals surface area contributed by atoms with Crippen LogP contribution in [0.25, 0.3) is 0 Å². The van der Waals surface area contributed by atoms with Gasteiger partial charge in [0.05, 0.1) is 12.1 Å². The van der Waals surface area contributed by atoms with Crippen LogP contribution in [0, 0.1) is 0 Å². The number of carbonyl (C=O) groups is 2. The number of fused-ring (bicyclic) bond motifs is 1. The molecule has 0 saturated heterocycles. The highest BCUT2D eigenvalue weighted by molar-refractivity contribution is 7.93. The molecule has 9 nitrogen and oxygen atoms in total. The standard InChI is InChI=1S/C19H20ClF3N4O5S/c1-4-26-10-14(17(20)25-26)33(30,31)27-6-5-13(28)16-12(27)7-11(9-24-16)8-15(29)32-18(2,3)19(21,22)23/h7,9-10H,4-6,8H2,1-3H3. The number of sulfonamides is 1. The Morgan fingerprint density at radius 3 is 2.55 bits per heavy atom. The molecule has 0 fully saturated rings. The van der Waals surface area contributed by atoms with E-state index in [0.717, 1.165) is 10.5 Å². The summed E-state index contributed by atoms with van der Waals surface area (Å²) in [5.74, 6) is -1.61. The molecule has 1 aliphatic heterocycles. The fourth-order valence-electron chi connectivity index (χ4n) is 3.07. The zero-order valence-corrected chi connectivity index (χ0v) is 19.4. The van der Waals surface area contributed by atoms with Gasteiger partial charge in [0.25, 0.3) is 10.0 Å². The van der Waals surface area contributed by atoms with Gasteiger partial charge in [-0.1, -0.05) is 11.6 Å². The second-order valence-corrected chi connectivity index (χ2v) is 9.95. The number of aromatic nitrogens is 3. The highest BCUT2D eigenvalue weighted by Gasteiger charge is 2.50. The third-order valence-corrected chi connectivity index (χ3v) is 7.18. The molecule has 0 amide bonds. The Kier molecular flexibility index (Phi) is 6.50. The molecule has 0 unspecified atom stereocenters. The number of hydrogen-bond donors (Lipinski definition) is 0. The van der Waals surface area contributed by atoms with Crippen LogP contribution in [0.3, 0.4) is 0 Å². The minimum atomic E-state index is -4.78. The van der Waals surface area contributed by atoms with Gasteiger partial charge in [0.15, 0.2) is 10.9 Å². The number of carbonyl (C=O) groups excluding carboxylic acids is 2.